The van der Waals surface area contributed by atoms with Crippen LogP contribution in [0, 0.1) is 0 Å². The molecular weight excluding hydrogens is 142 g/mol. The monoisotopic (exact) mass is 156 g/mol. The van der Waals surface area contributed by atoms with Gasteiger partial charge in [-0.2, -0.15) is 0 Å². The summed E-state index contributed by atoms with van der Waals surface area (Å²) >= 11 is 0. The lowest BCUT2D eigenvalue weighted by Crippen LogP contribution is -2.68. The number of nitrogens with one attached hydrogen (secondary N) is 1. The molecule has 0 spiro atoms. The molecule has 0 atom stereocenters. The third-order valence-corrected chi connectivity index (χ3v) is 1.15. The molecule has 0 aromatic heterocycles. The fourth-order valence-electron chi connectivity index (χ4n) is 0.573. The highest BCUT2D eigenvalue weighted by Crippen LogP contribution is 1.83. The molecule has 0 heterocycles. The van der Waals surface area contributed by atoms with Gasteiger partial charge in [0.1, 0.15) is 0 Å². The summed E-state index contributed by atoms with van der Waals surface area (Å²) in [7, 11) is 1.62. The van der Waals surface area contributed by atoms with Gasteiger partial charge in [0.2, 0.25) is 5.71 Å². The highest BCUT2D eigenvalue weighted by Gasteiger charge is 1.99. The lowest BCUT2D eigenvalue weighted by Gasteiger charge is -1.91. The first kappa shape index (κ1) is 9.91. The summed E-state index contributed by atoms with van der Waals surface area (Å²) in [6.45, 7) is 4.09. The molecule has 62 valence electrons. The van der Waals surface area contributed by atoms with E-state index in [-0.39, 0.29) is 0 Å². The van der Waals surface area contributed by atoms with Gasteiger partial charge in [-0.05, 0) is 5.16 Å². The summed E-state index contributed by atoms with van der Waals surface area (Å²) in [6, 6.07) is 0. The van der Waals surface area contributed by atoms with Crippen LogP contribution in [0.5, 0.6) is 0 Å². The van der Waals surface area contributed by atoms with Crippen LogP contribution in [0.15, 0.2) is 24.8 Å². The van der Waals surface area contributed by atoms with Gasteiger partial charge in [-0.15, -0.1) is 0 Å². The molecular formula is C8H14NO2+. The lowest BCUT2D eigenvalue weighted by atomic mass is 10.2. The molecule has 11 heavy (non-hydrogen) atoms. The van der Waals surface area contributed by atoms with Crippen LogP contribution in [0.2, 0.25) is 0 Å². The van der Waals surface area contributed by atoms with E-state index in [9.17, 15) is 0 Å². The van der Waals surface area contributed by atoms with Crippen molar-refractivity contribution in [3.63, 3.8) is 0 Å². The van der Waals surface area contributed by atoms with E-state index in [0.717, 1.165) is 0 Å². The fraction of sp³-hybridized carbons (Fsp3) is 0.375. The quantitative estimate of drug-likeness (QED) is 0.248. The van der Waals surface area contributed by atoms with E-state index in [0.29, 0.717) is 18.7 Å². The van der Waals surface area contributed by atoms with Crippen LogP contribution in [0.4, 0.5) is 0 Å². The maximum atomic E-state index is 8.55. The van der Waals surface area contributed by atoms with Crippen LogP contribution in [0.1, 0.15) is 6.42 Å². The first-order valence-corrected chi connectivity index (χ1v) is 3.39. The van der Waals surface area contributed by atoms with Gasteiger partial charge in [0.05, 0.1) is 13.0 Å². The zero-order valence-electron chi connectivity index (χ0n) is 6.71. The summed E-state index contributed by atoms with van der Waals surface area (Å²) < 4.78 is 4.82. The van der Waals surface area contributed by atoms with Crippen molar-refractivity contribution in [2.24, 2.45) is 0 Å². The molecule has 0 aromatic rings. The second-order valence-corrected chi connectivity index (χ2v) is 1.97. The SMILES string of the molecule is C=C/C=C\C(CCOC)=[NH+]\O. The third kappa shape index (κ3) is 5.36. The van der Waals surface area contributed by atoms with Gasteiger partial charge in [-0.1, -0.05) is 18.7 Å². The Kier molecular flexibility index (Phi) is 6.33. The van der Waals surface area contributed by atoms with E-state index in [1.807, 2.05) is 0 Å². The first-order valence-electron chi connectivity index (χ1n) is 3.39. The molecule has 3 nitrogen and oxygen atoms in total. The number of hydrogen-bond donors (Lipinski definition) is 2. The average molecular weight is 156 g/mol. The molecule has 0 aliphatic rings. The van der Waals surface area contributed by atoms with E-state index in [4.69, 9.17) is 9.94 Å². The second-order valence-electron chi connectivity index (χ2n) is 1.97. The Hall–Kier alpha value is -1.09. The van der Waals surface area contributed by atoms with E-state index in [1.165, 1.54) is 0 Å². The molecule has 0 bridgehead atoms. The molecule has 2 N–H and O–H groups in total. The molecule has 3 heteroatoms. The molecule has 0 amide bonds. The number of rotatable bonds is 5. The lowest BCUT2D eigenvalue weighted by molar-refractivity contribution is -0.737. The average Bonchev–Trinajstić information content (AvgIpc) is 2.05. The smallest absolute Gasteiger partial charge is 0.227 e. The summed E-state index contributed by atoms with van der Waals surface area (Å²) in [4.78, 5) is 0. The maximum Gasteiger partial charge on any atom is 0.227 e. The minimum atomic E-state index is 0.588. The molecule has 0 aliphatic heterocycles. The molecule has 0 saturated heterocycles. The van der Waals surface area contributed by atoms with Gasteiger partial charge >= 0.3 is 0 Å². The highest BCUT2D eigenvalue weighted by molar-refractivity contribution is 5.90. The van der Waals surface area contributed by atoms with Crippen molar-refractivity contribution in [2.75, 3.05) is 13.7 Å². The summed E-state index contributed by atoms with van der Waals surface area (Å²) in [6.07, 6.45) is 5.79. The zero-order chi connectivity index (χ0) is 8.53. The van der Waals surface area contributed by atoms with Gasteiger partial charge in [0, 0.05) is 13.2 Å². The Labute approximate surface area is 66.7 Å². The third-order valence-electron chi connectivity index (χ3n) is 1.15. The van der Waals surface area contributed by atoms with E-state index >= 15 is 0 Å². The number of ether oxygens (including phenoxy) is 1. The van der Waals surface area contributed by atoms with E-state index in [1.54, 1.807) is 25.3 Å². The molecule has 0 aliphatic carbocycles. The van der Waals surface area contributed by atoms with Crippen LogP contribution in [-0.2, 0) is 4.74 Å². The van der Waals surface area contributed by atoms with Crippen molar-refractivity contribution in [1.82, 2.24) is 0 Å². The normalized spacial score (nSPS) is 12.3. The molecule has 0 radical (unpaired) electrons. The van der Waals surface area contributed by atoms with E-state index in [2.05, 4.69) is 11.7 Å². The predicted octanol–water partition coefficient (Wildman–Crippen LogP) is -0.324. The minimum absolute atomic E-state index is 0.588. The molecule has 0 unspecified atom stereocenters. The van der Waals surface area contributed by atoms with Crippen molar-refractivity contribution in [2.45, 2.75) is 6.42 Å². The molecule has 0 rings (SSSR count). The highest BCUT2D eigenvalue weighted by atomic mass is 16.5. The van der Waals surface area contributed by atoms with Crippen LogP contribution in [-0.4, -0.2) is 24.6 Å². The maximum absolute atomic E-state index is 8.55. The molecule has 0 aromatic carbocycles. The van der Waals surface area contributed by atoms with Gasteiger partial charge in [0.25, 0.3) is 0 Å². The predicted molar refractivity (Wildman–Crippen MR) is 43.6 cm³/mol. The Bertz CT molecular complexity index is 161. The standard InChI is InChI=1S/C8H13NO2/c1-3-4-5-8(9-10)6-7-11-2/h3-5,10H,1,6-7H2,2H3/p+1/b5-4-,9-8-. The van der Waals surface area contributed by atoms with Gasteiger partial charge in [-0.25, -0.2) is 0 Å². The Morgan fingerprint density at radius 3 is 2.91 bits per heavy atom. The number of methoxy groups -OCH3 is 1. The van der Waals surface area contributed by atoms with Crippen LogP contribution >= 0.6 is 0 Å². The van der Waals surface area contributed by atoms with Crippen molar-refractivity contribution in [3.8, 4) is 0 Å². The summed E-state index contributed by atoms with van der Waals surface area (Å²) in [5.74, 6) is 0. The Balaban J connectivity index is 3.77. The number of hydrogen-bond acceptors (Lipinski definition) is 2. The van der Waals surface area contributed by atoms with Gasteiger partial charge in [0.15, 0.2) is 0 Å². The fourth-order valence-corrected chi connectivity index (χ4v) is 0.573. The van der Waals surface area contributed by atoms with Gasteiger partial charge < -0.3 is 4.74 Å². The first-order chi connectivity index (χ1) is 5.35. The summed E-state index contributed by atoms with van der Waals surface area (Å²) in [5, 5.41) is 10.6. The van der Waals surface area contributed by atoms with Crippen LogP contribution < -0.4 is 5.16 Å². The van der Waals surface area contributed by atoms with Crippen LogP contribution in [0.25, 0.3) is 0 Å². The molecule has 0 saturated carbocycles. The Morgan fingerprint density at radius 2 is 2.45 bits per heavy atom. The van der Waals surface area contributed by atoms with Crippen molar-refractivity contribution < 1.29 is 15.1 Å². The van der Waals surface area contributed by atoms with E-state index < -0.39 is 0 Å². The van der Waals surface area contributed by atoms with Crippen molar-refractivity contribution >= 4 is 5.71 Å². The van der Waals surface area contributed by atoms with Gasteiger partial charge in [-0.3, -0.25) is 5.21 Å². The van der Waals surface area contributed by atoms with Crippen LogP contribution in [0.3, 0.4) is 0 Å². The zero-order valence-corrected chi connectivity index (χ0v) is 6.71. The minimum Gasteiger partial charge on any atom is -0.384 e. The Morgan fingerprint density at radius 1 is 1.73 bits per heavy atom. The van der Waals surface area contributed by atoms with Crippen molar-refractivity contribution in [1.29, 1.82) is 0 Å². The second kappa shape index (κ2) is 7.02. The number of allylic oxidation sites excluding steroid dienone is 3. The summed E-state index contributed by atoms with van der Waals surface area (Å²) in [5.41, 5.74) is 0.715. The van der Waals surface area contributed by atoms with Crippen molar-refractivity contribution in [3.05, 3.63) is 24.8 Å². The molecule has 0 fully saturated rings. The largest absolute Gasteiger partial charge is 0.384 e. The topological polar surface area (TPSA) is 43.4 Å².